The van der Waals surface area contributed by atoms with Gasteiger partial charge in [-0.1, -0.05) is 37.5 Å². The fourth-order valence-electron chi connectivity index (χ4n) is 4.12. The van der Waals surface area contributed by atoms with Gasteiger partial charge in [-0.15, -0.1) is 0 Å². The second-order valence-electron chi connectivity index (χ2n) is 7.83. The largest absolute Gasteiger partial charge is 0.493 e. The lowest BCUT2D eigenvalue weighted by Gasteiger charge is -2.25. The smallest absolute Gasteiger partial charge is 0.272 e. The number of imidazole rings is 1. The molecule has 1 aliphatic heterocycles. The van der Waals surface area contributed by atoms with E-state index in [1.165, 1.54) is 19.3 Å². The Labute approximate surface area is 183 Å². The number of hydrogen-bond acceptors (Lipinski definition) is 4. The molecule has 1 aromatic heterocycles. The summed E-state index contributed by atoms with van der Waals surface area (Å²) in [5.74, 6) is 1.43. The lowest BCUT2D eigenvalue weighted by Crippen LogP contribution is -2.34. The molecular formula is C25H29N3O3. The average Bonchev–Trinajstić information content (AvgIpc) is 3.28. The highest BCUT2D eigenvalue weighted by molar-refractivity contribution is 5.93. The molecule has 2 aromatic carbocycles. The number of carbonyl (C=O) groups excluding carboxylic acids is 1. The predicted molar refractivity (Wildman–Crippen MR) is 121 cm³/mol. The van der Waals surface area contributed by atoms with Gasteiger partial charge in [0.05, 0.1) is 26.7 Å². The van der Waals surface area contributed by atoms with E-state index >= 15 is 0 Å². The highest BCUT2D eigenvalue weighted by Gasteiger charge is 2.21. The van der Waals surface area contributed by atoms with Gasteiger partial charge in [0, 0.05) is 18.8 Å². The first-order valence-corrected chi connectivity index (χ1v) is 10.9. The van der Waals surface area contributed by atoms with E-state index in [-0.39, 0.29) is 5.91 Å². The van der Waals surface area contributed by atoms with Crippen molar-refractivity contribution in [3.05, 3.63) is 60.7 Å². The van der Waals surface area contributed by atoms with E-state index in [9.17, 15) is 4.79 Å². The van der Waals surface area contributed by atoms with Crippen LogP contribution in [0.2, 0.25) is 0 Å². The zero-order chi connectivity index (χ0) is 21.6. The highest BCUT2D eigenvalue weighted by Crippen LogP contribution is 2.33. The van der Waals surface area contributed by atoms with Crippen LogP contribution in [-0.2, 0) is 0 Å². The van der Waals surface area contributed by atoms with Gasteiger partial charge < -0.3 is 14.4 Å². The maximum absolute atomic E-state index is 13.3. The van der Waals surface area contributed by atoms with Crippen LogP contribution in [0.4, 0.5) is 0 Å². The number of rotatable bonds is 5. The summed E-state index contributed by atoms with van der Waals surface area (Å²) < 4.78 is 12.7. The van der Waals surface area contributed by atoms with Gasteiger partial charge in [-0.05, 0) is 48.2 Å². The number of benzene rings is 2. The molecule has 0 saturated carbocycles. The highest BCUT2D eigenvalue weighted by atomic mass is 16.5. The molecule has 4 rings (SSSR count). The van der Waals surface area contributed by atoms with Crippen LogP contribution in [0.3, 0.4) is 0 Å². The van der Waals surface area contributed by atoms with E-state index in [4.69, 9.17) is 9.47 Å². The van der Waals surface area contributed by atoms with Gasteiger partial charge in [0.15, 0.2) is 11.5 Å². The van der Waals surface area contributed by atoms with Crippen molar-refractivity contribution in [2.75, 3.05) is 27.3 Å². The third-order valence-corrected chi connectivity index (χ3v) is 5.84. The number of nitrogens with zero attached hydrogens (tertiary/aromatic N) is 3. The van der Waals surface area contributed by atoms with Crippen molar-refractivity contribution in [2.24, 2.45) is 0 Å². The van der Waals surface area contributed by atoms with Crippen molar-refractivity contribution in [2.45, 2.75) is 32.1 Å². The number of hydrogen-bond donors (Lipinski definition) is 0. The molecule has 0 radical (unpaired) electrons. The fraction of sp³-hybridized carbons (Fsp3) is 0.360. The minimum absolute atomic E-state index is 0.0518. The maximum Gasteiger partial charge on any atom is 0.272 e. The molecule has 0 bridgehead atoms. The summed E-state index contributed by atoms with van der Waals surface area (Å²) in [6.45, 7) is 1.63. The van der Waals surface area contributed by atoms with Gasteiger partial charge in [0.2, 0.25) is 0 Å². The summed E-state index contributed by atoms with van der Waals surface area (Å²) in [5.41, 5.74) is 3.54. The molecule has 2 heterocycles. The molecular weight excluding hydrogens is 390 g/mol. The van der Waals surface area contributed by atoms with Crippen molar-refractivity contribution < 1.29 is 14.3 Å². The van der Waals surface area contributed by atoms with Crippen LogP contribution in [0, 0.1) is 0 Å². The van der Waals surface area contributed by atoms with E-state index in [0.29, 0.717) is 17.2 Å². The lowest BCUT2D eigenvalue weighted by atomic mass is 10.0. The summed E-state index contributed by atoms with van der Waals surface area (Å²) in [4.78, 5) is 19.5. The minimum atomic E-state index is 0.0518. The normalized spacial score (nSPS) is 14.6. The topological polar surface area (TPSA) is 56.6 Å². The minimum Gasteiger partial charge on any atom is -0.493 e. The molecule has 0 atom stereocenters. The Balaban J connectivity index is 1.63. The van der Waals surface area contributed by atoms with Crippen LogP contribution < -0.4 is 9.47 Å². The van der Waals surface area contributed by atoms with Crippen LogP contribution >= 0.6 is 0 Å². The molecule has 0 aliphatic carbocycles. The molecule has 0 unspecified atom stereocenters. The third kappa shape index (κ3) is 4.58. The fourth-order valence-corrected chi connectivity index (χ4v) is 4.12. The molecule has 1 saturated heterocycles. The molecule has 6 heteroatoms. The van der Waals surface area contributed by atoms with Crippen LogP contribution in [0.5, 0.6) is 11.5 Å². The number of ether oxygens (including phenoxy) is 2. The molecule has 0 N–H and O–H groups in total. The Bertz CT molecular complexity index is 1040. The maximum atomic E-state index is 13.3. The number of carbonyl (C=O) groups is 1. The molecule has 3 aromatic rings. The van der Waals surface area contributed by atoms with Crippen molar-refractivity contribution in [1.29, 1.82) is 0 Å². The predicted octanol–water partition coefficient (Wildman–Crippen LogP) is 4.96. The van der Waals surface area contributed by atoms with Crippen LogP contribution in [0.15, 0.2) is 55.0 Å². The molecule has 1 aliphatic rings. The van der Waals surface area contributed by atoms with Crippen LogP contribution in [0.25, 0.3) is 16.8 Å². The van der Waals surface area contributed by atoms with Crippen LogP contribution in [-0.4, -0.2) is 47.7 Å². The molecule has 1 amide bonds. The number of amides is 1. The van der Waals surface area contributed by atoms with E-state index in [1.807, 2.05) is 45.9 Å². The van der Waals surface area contributed by atoms with Gasteiger partial charge in [-0.25, -0.2) is 4.98 Å². The summed E-state index contributed by atoms with van der Waals surface area (Å²) in [6, 6.07) is 13.9. The van der Waals surface area contributed by atoms with E-state index in [1.54, 1.807) is 26.7 Å². The summed E-state index contributed by atoms with van der Waals surface area (Å²) in [5, 5.41) is 0. The number of methoxy groups -OCH3 is 2. The third-order valence-electron chi connectivity index (χ3n) is 5.84. The van der Waals surface area contributed by atoms with Gasteiger partial charge in [0.1, 0.15) is 5.69 Å². The van der Waals surface area contributed by atoms with Crippen molar-refractivity contribution in [3.63, 3.8) is 0 Å². The zero-order valence-corrected chi connectivity index (χ0v) is 18.2. The van der Waals surface area contributed by atoms with Crippen molar-refractivity contribution in [3.8, 4) is 28.3 Å². The summed E-state index contributed by atoms with van der Waals surface area (Å²) in [7, 11) is 3.26. The molecule has 6 nitrogen and oxygen atoms in total. The molecule has 31 heavy (non-hydrogen) atoms. The summed E-state index contributed by atoms with van der Waals surface area (Å²) >= 11 is 0. The van der Waals surface area contributed by atoms with Crippen LogP contribution in [0.1, 0.15) is 42.6 Å². The SMILES string of the molecule is COc1ccc(-c2cccc(-n3cncc3C(=O)N3CCCCCCC3)c2)cc1OC. The second kappa shape index (κ2) is 9.69. The Morgan fingerprint density at radius 2 is 1.58 bits per heavy atom. The Hall–Kier alpha value is -3.28. The zero-order valence-electron chi connectivity index (χ0n) is 18.2. The summed E-state index contributed by atoms with van der Waals surface area (Å²) in [6.07, 6.45) is 9.16. The van der Waals surface area contributed by atoms with Crippen molar-refractivity contribution >= 4 is 5.91 Å². The first-order valence-electron chi connectivity index (χ1n) is 10.9. The van der Waals surface area contributed by atoms with E-state index in [0.717, 1.165) is 42.7 Å². The monoisotopic (exact) mass is 419 g/mol. The number of likely N-dealkylation sites (tertiary alicyclic amines) is 1. The number of aromatic nitrogens is 2. The lowest BCUT2D eigenvalue weighted by molar-refractivity contribution is 0.0734. The van der Waals surface area contributed by atoms with Gasteiger partial charge in [-0.2, -0.15) is 0 Å². The first kappa shape index (κ1) is 21.0. The van der Waals surface area contributed by atoms with E-state index < -0.39 is 0 Å². The quantitative estimate of drug-likeness (QED) is 0.586. The van der Waals surface area contributed by atoms with Gasteiger partial charge >= 0.3 is 0 Å². The molecule has 1 fully saturated rings. The second-order valence-corrected chi connectivity index (χ2v) is 7.83. The van der Waals surface area contributed by atoms with Gasteiger partial charge in [0.25, 0.3) is 5.91 Å². The molecule has 162 valence electrons. The van der Waals surface area contributed by atoms with E-state index in [2.05, 4.69) is 11.1 Å². The Morgan fingerprint density at radius 1 is 0.871 bits per heavy atom. The first-order chi connectivity index (χ1) is 15.2. The molecule has 0 spiro atoms. The Kier molecular flexibility index (Phi) is 6.55. The average molecular weight is 420 g/mol. The standard InChI is InChI=1S/C25H29N3O3/c1-30-23-12-11-20(16-24(23)31-2)19-9-8-10-21(15-19)28-18-26-17-22(28)25(29)27-13-6-4-3-5-7-14-27/h8-12,15-18H,3-7,13-14H2,1-2H3. The Morgan fingerprint density at radius 3 is 2.32 bits per heavy atom. The van der Waals surface area contributed by atoms with Crippen molar-refractivity contribution in [1.82, 2.24) is 14.5 Å². The van der Waals surface area contributed by atoms with Gasteiger partial charge in [-0.3, -0.25) is 9.36 Å².